The van der Waals surface area contributed by atoms with Crippen molar-refractivity contribution in [3.05, 3.63) is 130 Å². The number of rotatable bonds is 12. The average molecular weight is 722 g/mol. The molecule has 50 heavy (non-hydrogen) atoms. The Balaban J connectivity index is 1.69. The van der Waals surface area contributed by atoms with Crippen molar-refractivity contribution in [1.29, 1.82) is 0 Å². The molecular weight excluding hydrogens is 698 g/mol. The topological polar surface area (TPSA) is 47.6 Å². The van der Waals surface area contributed by atoms with Crippen molar-refractivity contribution in [2.24, 2.45) is 5.92 Å². The van der Waals surface area contributed by atoms with Gasteiger partial charge in [-0.3, -0.25) is 4.79 Å². The highest BCUT2D eigenvalue weighted by Gasteiger charge is 2.57. The number of hydrogen-bond donors (Lipinski definition) is 1. The molecule has 1 N–H and O–H groups in total. The fourth-order valence-corrected chi connectivity index (χ4v) is 5.22. The molecule has 2 atom stereocenters. The molecule has 0 aromatic heterocycles. The standard InChI is InChI=1S/C34H23F12NO3/c35-25-10-6-19(12-24(25)33(42,43)44)29(48)47-31(15-18-4-2-1-3-5-18,23-9-8-22(14-27(23)37)50-34(45,46)30(38)39)20-7-11-26(36)28(13-20)49-17-21-16-32(21,40)41/h1-14,21,30H,15-17H2,(H,47,48)/t21?,31-/m1/s1. The molecule has 4 aromatic rings. The highest BCUT2D eigenvalue weighted by Crippen LogP contribution is 2.49. The van der Waals surface area contributed by atoms with Crippen LogP contribution in [-0.2, 0) is 18.1 Å². The zero-order valence-electron chi connectivity index (χ0n) is 25.1. The van der Waals surface area contributed by atoms with E-state index in [0.29, 0.717) is 23.8 Å². The second-order valence-corrected chi connectivity index (χ2v) is 11.4. The lowest BCUT2D eigenvalue weighted by Crippen LogP contribution is -2.49. The van der Waals surface area contributed by atoms with Crippen LogP contribution in [0.4, 0.5) is 52.7 Å². The molecule has 1 aliphatic rings. The van der Waals surface area contributed by atoms with Crippen molar-refractivity contribution < 1.29 is 67.0 Å². The summed E-state index contributed by atoms with van der Waals surface area (Å²) in [4.78, 5) is 13.8. The Labute approximate surface area is 275 Å². The first-order valence-corrected chi connectivity index (χ1v) is 14.5. The largest absolute Gasteiger partial charge is 0.490 e. The van der Waals surface area contributed by atoms with Crippen molar-refractivity contribution in [2.45, 2.75) is 43.0 Å². The molecule has 1 fully saturated rings. The van der Waals surface area contributed by atoms with Crippen molar-refractivity contribution in [1.82, 2.24) is 5.32 Å². The lowest BCUT2D eigenvalue weighted by Gasteiger charge is -2.37. The minimum Gasteiger partial charge on any atom is -0.490 e. The molecule has 0 radical (unpaired) electrons. The van der Waals surface area contributed by atoms with Crippen LogP contribution >= 0.6 is 0 Å². The van der Waals surface area contributed by atoms with Crippen LogP contribution in [-0.4, -0.2) is 31.0 Å². The first-order valence-electron chi connectivity index (χ1n) is 14.5. The van der Waals surface area contributed by atoms with Crippen LogP contribution in [0.5, 0.6) is 11.5 Å². The van der Waals surface area contributed by atoms with Gasteiger partial charge in [0.25, 0.3) is 11.8 Å². The van der Waals surface area contributed by atoms with Crippen LogP contribution in [0, 0.1) is 23.4 Å². The molecule has 4 aromatic carbocycles. The molecule has 266 valence electrons. The van der Waals surface area contributed by atoms with Gasteiger partial charge in [0.15, 0.2) is 11.6 Å². The van der Waals surface area contributed by atoms with Gasteiger partial charge in [0.1, 0.15) is 17.4 Å². The monoisotopic (exact) mass is 721 g/mol. The summed E-state index contributed by atoms with van der Waals surface area (Å²) < 4.78 is 175. The van der Waals surface area contributed by atoms with Gasteiger partial charge in [-0.1, -0.05) is 36.4 Å². The number of carbonyl (C=O) groups is 1. The smallest absolute Gasteiger partial charge is 0.461 e. The quantitative estimate of drug-likeness (QED) is 0.149. The fraction of sp³-hybridized carbons (Fsp3) is 0.265. The molecule has 0 heterocycles. The Bertz CT molecular complexity index is 1870. The number of hydrogen-bond acceptors (Lipinski definition) is 3. The van der Waals surface area contributed by atoms with Crippen LogP contribution < -0.4 is 14.8 Å². The number of carbonyl (C=O) groups excluding carboxylic acids is 1. The van der Waals surface area contributed by atoms with Crippen LogP contribution in [0.25, 0.3) is 0 Å². The molecule has 16 heteroatoms. The van der Waals surface area contributed by atoms with E-state index in [4.69, 9.17) is 4.74 Å². The normalized spacial score (nSPS) is 16.9. The summed E-state index contributed by atoms with van der Waals surface area (Å²) in [7, 11) is 0. The lowest BCUT2D eigenvalue weighted by atomic mass is 9.77. The van der Waals surface area contributed by atoms with Crippen molar-refractivity contribution in [2.75, 3.05) is 6.61 Å². The summed E-state index contributed by atoms with van der Waals surface area (Å²) in [6, 6.07) is 13.2. The van der Waals surface area contributed by atoms with Gasteiger partial charge in [-0.25, -0.2) is 22.0 Å². The summed E-state index contributed by atoms with van der Waals surface area (Å²) in [5.74, 6) is -11.7. The second-order valence-electron chi connectivity index (χ2n) is 11.4. The van der Waals surface area contributed by atoms with E-state index in [1.165, 1.54) is 24.3 Å². The highest BCUT2D eigenvalue weighted by atomic mass is 19.4. The third-order valence-electron chi connectivity index (χ3n) is 7.90. The maximum absolute atomic E-state index is 16.1. The Morgan fingerprint density at radius 3 is 2.08 bits per heavy atom. The maximum Gasteiger partial charge on any atom is 0.461 e. The number of halogens is 12. The third kappa shape index (κ3) is 7.78. The molecule has 5 rings (SSSR count). The number of nitrogens with one attached hydrogen (secondary N) is 1. The minimum absolute atomic E-state index is 0.187. The molecule has 1 amide bonds. The van der Waals surface area contributed by atoms with Crippen LogP contribution in [0.1, 0.15) is 39.0 Å². The first-order chi connectivity index (χ1) is 23.3. The van der Waals surface area contributed by atoms with E-state index in [0.717, 1.165) is 24.3 Å². The molecular formula is C34H23F12NO3. The van der Waals surface area contributed by atoms with Crippen molar-refractivity contribution in [3.63, 3.8) is 0 Å². The van der Waals surface area contributed by atoms with E-state index >= 15 is 4.39 Å². The first kappa shape index (κ1) is 36.4. The van der Waals surface area contributed by atoms with Gasteiger partial charge in [-0.05, 0) is 53.6 Å². The van der Waals surface area contributed by atoms with E-state index in [1.807, 2.05) is 0 Å². The third-order valence-corrected chi connectivity index (χ3v) is 7.90. The molecule has 1 unspecified atom stereocenters. The van der Waals surface area contributed by atoms with Gasteiger partial charge in [-0.15, -0.1) is 0 Å². The number of benzene rings is 4. The zero-order chi connectivity index (χ0) is 36.6. The van der Waals surface area contributed by atoms with E-state index in [-0.39, 0.29) is 17.7 Å². The summed E-state index contributed by atoms with van der Waals surface area (Å²) in [6.45, 7) is -0.653. The van der Waals surface area contributed by atoms with Gasteiger partial charge in [-0.2, -0.15) is 30.7 Å². The molecule has 1 aliphatic carbocycles. The van der Waals surface area contributed by atoms with Crippen LogP contribution in [0.3, 0.4) is 0 Å². The highest BCUT2D eigenvalue weighted by molar-refractivity contribution is 5.95. The van der Waals surface area contributed by atoms with Gasteiger partial charge >= 0.3 is 18.7 Å². The summed E-state index contributed by atoms with van der Waals surface area (Å²) in [6.07, 6.45) is -15.6. The second kappa shape index (κ2) is 13.4. The van der Waals surface area contributed by atoms with Gasteiger partial charge < -0.3 is 14.8 Å². The van der Waals surface area contributed by atoms with E-state index < -0.39 is 107 Å². The Morgan fingerprint density at radius 1 is 0.820 bits per heavy atom. The van der Waals surface area contributed by atoms with Gasteiger partial charge in [0.05, 0.1) is 23.6 Å². The predicted molar refractivity (Wildman–Crippen MR) is 153 cm³/mol. The van der Waals surface area contributed by atoms with E-state index in [9.17, 15) is 53.1 Å². The Morgan fingerprint density at radius 2 is 1.48 bits per heavy atom. The number of alkyl halides is 9. The Hall–Kier alpha value is -4.89. The fourth-order valence-electron chi connectivity index (χ4n) is 5.22. The van der Waals surface area contributed by atoms with Crippen molar-refractivity contribution in [3.8, 4) is 11.5 Å². The van der Waals surface area contributed by atoms with Gasteiger partial charge in [0.2, 0.25) is 0 Å². The van der Waals surface area contributed by atoms with Crippen LogP contribution in [0.2, 0.25) is 0 Å². The zero-order valence-corrected chi connectivity index (χ0v) is 25.1. The van der Waals surface area contributed by atoms with Crippen molar-refractivity contribution >= 4 is 5.91 Å². The summed E-state index contributed by atoms with van der Waals surface area (Å²) in [5, 5.41) is 2.41. The lowest BCUT2D eigenvalue weighted by molar-refractivity contribution is -0.253. The number of ether oxygens (including phenoxy) is 2. The van der Waals surface area contributed by atoms with E-state index in [2.05, 4.69) is 10.1 Å². The van der Waals surface area contributed by atoms with E-state index in [1.54, 1.807) is 6.07 Å². The predicted octanol–water partition coefficient (Wildman–Crippen LogP) is 9.31. The molecule has 4 nitrogen and oxygen atoms in total. The molecule has 0 spiro atoms. The summed E-state index contributed by atoms with van der Waals surface area (Å²) in [5.41, 5.74) is -5.49. The minimum atomic E-state index is -5.24. The Kier molecular flexibility index (Phi) is 9.78. The van der Waals surface area contributed by atoms with Crippen LogP contribution in [0.15, 0.2) is 84.9 Å². The molecule has 0 saturated heterocycles. The number of amides is 1. The average Bonchev–Trinajstić information content (AvgIpc) is 3.65. The molecule has 0 bridgehead atoms. The molecule has 0 aliphatic heterocycles. The SMILES string of the molecule is O=C(N[C@](Cc1ccccc1)(c1ccc(F)c(OCC2CC2(F)F)c1)c1ccc(OC(F)(F)C(F)F)cc1F)c1ccc(F)c(C(F)(F)F)c1. The summed E-state index contributed by atoms with van der Waals surface area (Å²) >= 11 is 0. The molecule has 1 saturated carbocycles. The maximum atomic E-state index is 16.1. The van der Waals surface area contributed by atoms with Gasteiger partial charge in [0, 0.05) is 30.0 Å².